The molecular weight excluding hydrogens is 424 g/mol. The highest BCUT2D eigenvalue weighted by molar-refractivity contribution is 5.97. The van der Waals surface area contributed by atoms with Crippen LogP contribution >= 0.6 is 0 Å². The summed E-state index contributed by atoms with van der Waals surface area (Å²) in [7, 11) is 0. The van der Waals surface area contributed by atoms with Gasteiger partial charge in [-0.1, -0.05) is 31.9 Å². The van der Waals surface area contributed by atoms with Gasteiger partial charge in [0.15, 0.2) is 11.9 Å². The Morgan fingerprint density at radius 2 is 1.82 bits per heavy atom. The van der Waals surface area contributed by atoms with Gasteiger partial charge in [0, 0.05) is 12.5 Å². The smallest absolute Gasteiger partial charge is 0.334 e. The summed E-state index contributed by atoms with van der Waals surface area (Å²) in [5, 5.41) is 0. The first kappa shape index (κ1) is 24.9. The van der Waals surface area contributed by atoms with E-state index in [1.807, 2.05) is 26.8 Å². The van der Waals surface area contributed by atoms with Crippen molar-refractivity contribution >= 4 is 23.7 Å². The van der Waals surface area contributed by atoms with E-state index in [0.717, 1.165) is 16.7 Å². The van der Waals surface area contributed by atoms with E-state index in [4.69, 9.17) is 14.2 Å². The van der Waals surface area contributed by atoms with Gasteiger partial charge in [0.2, 0.25) is 0 Å². The van der Waals surface area contributed by atoms with Crippen LogP contribution in [-0.2, 0) is 33.4 Å². The second kappa shape index (κ2) is 9.27. The summed E-state index contributed by atoms with van der Waals surface area (Å²) < 4.78 is 17.2. The minimum atomic E-state index is -1.10. The van der Waals surface area contributed by atoms with Crippen molar-refractivity contribution in [1.29, 1.82) is 0 Å². The highest BCUT2D eigenvalue weighted by Crippen LogP contribution is 2.51. The minimum absolute atomic E-state index is 0.307. The molecule has 2 aliphatic carbocycles. The number of hydrogen-bond donors (Lipinski definition) is 0. The van der Waals surface area contributed by atoms with Gasteiger partial charge in [-0.15, -0.1) is 0 Å². The van der Waals surface area contributed by atoms with Crippen LogP contribution in [0.25, 0.3) is 0 Å². The molecule has 1 heterocycles. The highest BCUT2D eigenvalue weighted by atomic mass is 16.6. The zero-order valence-corrected chi connectivity index (χ0v) is 20.5. The Labute approximate surface area is 195 Å². The zero-order valence-electron chi connectivity index (χ0n) is 20.5. The summed E-state index contributed by atoms with van der Waals surface area (Å²) in [6.07, 6.45) is 2.66. The lowest BCUT2D eigenvalue weighted by Crippen LogP contribution is -2.57. The molecule has 0 unspecified atom stereocenters. The molecule has 7 nitrogen and oxygen atoms in total. The second-order valence-electron chi connectivity index (χ2n) is 10.0. The van der Waals surface area contributed by atoms with Gasteiger partial charge in [0.25, 0.3) is 0 Å². The maximum Gasteiger partial charge on any atom is 0.334 e. The molecule has 7 heteroatoms. The van der Waals surface area contributed by atoms with Crippen LogP contribution in [0.5, 0.6) is 0 Å². The first-order valence-corrected chi connectivity index (χ1v) is 11.5. The van der Waals surface area contributed by atoms with Gasteiger partial charge in [-0.3, -0.25) is 14.4 Å². The summed E-state index contributed by atoms with van der Waals surface area (Å²) in [6, 6.07) is 0. The molecule has 0 saturated carbocycles. The average Bonchev–Trinajstić information content (AvgIpc) is 2.97. The third-order valence-electron chi connectivity index (χ3n) is 7.23. The van der Waals surface area contributed by atoms with Gasteiger partial charge >= 0.3 is 17.9 Å². The van der Waals surface area contributed by atoms with E-state index in [1.54, 1.807) is 20.8 Å². The fourth-order valence-electron chi connectivity index (χ4n) is 5.22. The van der Waals surface area contributed by atoms with Crippen LogP contribution in [0.3, 0.4) is 0 Å². The number of ketones is 1. The molecule has 1 aliphatic heterocycles. The Kier molecular flexibility index (Phi) is 7.01. The maximum absolute atomic E-state index is 13.1. The molecule has 0 aromatic rings. The van der Waals surface area contributed by atoms with E-state index in [2.05, 4.69) is 0 Å². The number of rotatable bonds is 3. The van der Waals surface area contributed by atoms with Gasteiger partial charge in [-0.2, -0.15) is 0 Å². The molecular formula is C26H34O7. The number of fused-ring (bicyclic) bond motifs is 2. The van der Waals surface area contributed by atoms with Crippen LogP contribution in [0.15, 0.2) is 34.4 Å². The highest BCUT2D eigenvalue weighted by Gasteiger charge is 2.57. The van der Waals surface area contributed by atoms with Crippen LogP contribution in [-0.4, -0.2) is 42.0 Å². The predicted octanol–water partition coefficient (Wildman–Crippen LogP) is 4.01. The lowest BCUT2D eigenvalue weighted by molar-refractivity contribution is -0.185. The molecule has 0 radical (unpaired) electrons. The van der Waals surface area contributed by atoms with Gasteiger partial charge in [-0.25, -0.2) is 4.79 Å². The van der Waals surface area contributed by atoms with E-state index in [-0.39, 0.29) is 29.6 Å². The molecule has 5 atom stereocenters. The molecule has 0 fully saturated rings. The van der Waals surface area contributed by atoms with Crippen LogP contribution in [0.4, 0.5) is 0 Å². The Morgan fingerprint density at radius 1 is 1.15 bits per heavy atom. The number of esters is 3. The molecule has 0 amide bonds. The molecule has 0 N–H and O–H groups in total. The standard InChI is InChI=1S/C26H34O7/c1-13(2)24(29)33-22-9-8-14(3)10-21-18(16(5)25(30)32-21)12-19-15(4)11-20(28)23(26(19,22)7)31-17(6)27/h10-11,13,19,21-23H,8-9,12H2,1-7H3/b14-10-/t19-,21-,22+,23-,26-/m0/s1. The van der Waals surface area contributed by atoms with Gasteiger partial charge in [-0.05, 0) is 63.7 Å². The largest absolute Gasteiger partial charge is 0.461 e. The van der Waals surface area contributed by atoms with Gasteiger partial charge in [0.05, 0.1) is 11.3 Å². The van der Waals surface area contributed by atoms with E-state index >= 15 is 0 Å². The van der Waals surface area contributed by atoms with Crippen molar-refractivity contribution < 1.29 is 33.4 Å². The summed E-state index contributed by atoms with van der Waals surface area (Å²) in [5.74, 6) is -2.27. The molecule has 0 spiro atoms. The predicted molar refractivity (Wildman–Crippen MR) is 121 cm³/mol. The van der Waals surface area contributed by atoms with E-state index in [1.165, 1.54) is 13.0 Å². The number of allylic oxidation sites excluding steroid dienone is 2. The Hall–Kier alpha value is -2.70. The molecule has 0 bridgehead atoms. The van der Waals surface area contributed by atoms with Crippen molar-refractivity contribution in [3.63, 3.8) is 0 Å². The van der Waals surface area contributed by atoms with Crippen LogP contribution in [0.1, 0.15) is 67.7 Å². The third kappa shape index (κ3) is 4.68. The van der Waals surface area contributed by atoms with Crippen LogP contribution in [0.2, 0.25) is 0 Å². The number of ether oxygens (including phenoxy) is 3. The Bertz CT molecular complexity index is 967. The van der Waals surface area contributed by atoms with E-state index in [9.17, 15) is 19.2 Å². The van der Waals surface area contributed by atoms with Gasteiger partial charge < -0.3 is 14.2 Å². The molecule has 180 valence electrons. The Balaban J connectivity index is 2.21. The number of hydrogen-bond acceptors (Lipinski definition) is 7. The van der Waals surface area contributed by atoms with Gasteiger partial charge in [0.1, 0.15) is 12.2 Å². The maximum atomic E-state index is 13.1. The van der Waals surface area contributed by atoms with Crippen molar-refractivity contribution in [3.8, 4) is 0 Å². The third-order valence-corrected chi connectivity index (χ3v) is 7.23. The molecule has 0 aromatic heterocycles. The van der Waals surface area contributed by atoms with E-state index in [0.29, 0.717) is 24.8 Å². The van der Waals surface area contributed by atoms with Crippen LogP contribution < -0.4 is 0 Å². The number of carbonyl (C=O) groups excluding carboxylic acids is 4. The van der Waals surface area contributed by atoms with Crippen LogP contribution in [0, 0.1) is 17.3 Å². The molecule has 33 heavy (non-hydrogen) atoms. The normalized spacial score (nSPS) is 33.9. The summed E-state index contributed by atoms with van der Waals surface area (Å²) in [6.45, 7) is 12.2. The quantitative estimate of drug-likeness (QED) is 0.358. The average molecular weight is 459 g/mol. The lowest BCUT2D eigenvalue weighted by Gasteiger charge is -2.49. The van der Waals surface area contributed by atoms with Crippen molar-refractivity contribution in [3.05, 3.63) is 34.4 Å². The Morgan fingerprint density at radius 3 is 2.42 bits per heavy atom. The lowest BCUT2D eigenvalue weighted by atomic mass is 9.59. The van der Waals surface area contributed by atoms with Crippen molar-refractivity contribution in [2.45, 2.75) is 86.0 Å². The molecule has 0 saturated heterocycles. The first-order chi connectivity index (χ1) is 15.4. The molecule has 0 aromatic carbocycles. The van der Waals surface area contributed by atoms with Crippen molar-refractivity contribution in [1.82, 2.24) is 0 Å². The summed E-state index contributed by atoms with van der Waals surface area (Å²) >= 11 is 0. The first-order valence-electron chi connectivity index (χ1n) is 11.5. The number of carbonyl (C=O) groups is 4. The summed E-state index contributed by atoms with van der Waals surface area (Å²) in [4.78, 5) is 50.3. The minimum Gasteiger partial charge on any atom is -0.461 e. The molecule has 3 rings (SSSR count). The zero-order chi connectivity index (χ0) is 24.7. The fraction of sp³-hybridized carbons (Fsp3) is 0.615. The SMILES string of the molecule is CC(=O)O[C@H]1C(=O)C=C(C)[C@@H]2CC3=C(C)C(=O)O[C@H]3/C=C(/C)CC[C@@H](OC(=O)C(C)C)[C@]21C. The topological polar surface area (TPSA) is 96.0 Å². The van der Waals surface area contributed by atoms with Crippen molar-refractivity contribution in [2.24, 2.45) is 17.3 Å². The van der Waals surface area contributed by atoms with E-state index < -0.39 is 29.7 Å². The van der Waals surface area contributed by atoms with Crippen molar-refractivity contribution in [2.75, 3.05) is 0 Å². The fourth-order valence-corrected chi connectivity index (χ4v) is 5.22. The monoisotopic (exact) mass is 458 g/mol. The summed E-state index contributed by atoms with van der Waals surface area (Å²) in [5.41, 5.74) is 2.17. The second-order valence-corrected chi connectivity index (χ2v) is 10.0. The molecule has 3 aliphatic rings.